The Morgan fingerprint density at radius 3 is 2.38 bits per heavy atom. The van der Waals surface area contributed by atoms with Crippen LogP contribution in [0, 0.1) is 5.92 Å². The Balaban J connectivity index is 1.45. The third kappa shape index (κ3) is 3.50. The maximum atomic E-state index is 5.62. The first-order chi connectivity index (χ1) is 14.3. The molecular weight excluding hydrogens is 358 g/mol. The highest BCUT2D eigenvalue weighted by Crippen LogP contribution is 2.45. The zero-order valence-electron chi connectivity index (χ0n) is 16.7. The van der Waals surface area contributed by atoms with Crippen LogP contribution in [0.1, 0.15) is 35.7 Å². The predicted molar refractivity (Wildman–Crippen MR) is 117 cm³/mol. The first kappa shape index (κ1) is 18.2. The Morgan fingerprint density at radius 1 is 0.862 bits per heavy atom. The lowest BCUT2D eigenvalue weighted by Gasteiger charge is -2.39. The highest BCUT2D eigenvalue weighted by Gasteiger charge is 2.42. The van der Waals surface area contributed by atoms with E-state index in [-0.39, 0.29) is 6.04 Å². The van der Waals surface area contributed by atoms with Crippen LogP contribution in [0.25, 0.3) is 0 Å². The van der Waals surface area contributed by atoms with E-state index >= 15 is 0 Å². The molecule has 29 heavy (non-hydrogen) atoms. The molecule has 0 amide bonds. The second kappa shape index (κ2) is 7.90. The number of benzene rings is 3. The Bertz CT molecular complexity index is 957. The molecule has 2 aliphatic rings. The quantitative estimate of drug-likeness (QED) is 0.672. The molecule has 5 rings (SSSR count). The summed E-state index contributed by atoms with van der Waals surface area (Å²) in [6.07, 6.45) is 0. The van der Waals surface area contributed by atoms with Gasteiger partial charge < -0.3 is 9.64 Å². The molecule has 4 heteroatoms. The molecular formula is C25H27N3O. The lowest BCUT2D eigenvalue weighted by Crippen LogP contribution is -2.39. The fourth-order valence-corrected chi connectivity index (χ4v) is 4.72. The summed E-state index contributed by atoms with van der Waals surface area (Å²) >= 11 is 0. The van der Waals surface area contributed by atoms with Crippen molar-refractivity contribution in [3.63, 3.8) is 0 Å². The minimum Gasteiger partial charge on any atom is -0.494 e. The van der Waals surface area contributed by atoms with Gasteiger partial charge in [-0.15, -0.1) is 0 Å². The molecule has 0 aromatic heterocycles. The van der Waals surface area contributed by atoms with E-state index in [1.165, 1.54) is 22.4 Å². The molecule has 0 saturated carbocycles. The molecule has 4 nitrogen and oxygen atoms in total. The van der Waals surface area contributed by atoms with Crippen molar-refractivity contribution < 1.29 is 4.74 Å². The second-order valence-corrected chi connectivity index (χ2v) is 7.83. The number of ether oxygens (including phenoxy) is 1. The lowest BCUT2D eigenvalue weighted by atomic mass is 9.82. The maximum absolute atomic E-state index is 5.62. The minimum absolute atomic E-state index is 0.266. The molecule has 0 spiro atoms. The van der Waals surface area contributed by atoms with Gasteiger partial charge >= 0.3 is 0 Å². The zero-order chi connectivity index (χ0) is 19.6. The van der Waals surface area contributed by atoms with E-state index in [0.717, 1.165) is 18.8 Å². The van der Waals surface area contributed by atoms with Gasteiger partial charge in [-0.05, 0) is 41.8 Å². The first-order valence-electron chi connectivity index (χ1n) is 10.4. The molecule has 148 valence electrons. The summed E-state index contributed by atoms with van der Waals surface area (Å²) < 4.78 is 5.62. The summed E-state index contributed by atoms with van der Waals surface area (Å²) in [6.45, 7) is 4.64. The van der Waals surface area contributed by atoms with Crippen molar-refractivity contribution in [3.8, 4) is 5.75 Å². The Morgan fingerprint density at radius 2 is 1.59 bits per heavy atom. The monoisotopic (exact) mass is 385 g/mol. The number of nitrogens with zero attached hydrogens (tertiary/aromatic N) is 1. The van der Waals surface area contributed by atoms with Gasteiger partial charge in [0.2, 0.25) is 0 Å². The summed E-state index contributed by atoms with van der Waals surface area (Å²) in [4.78, 5) is 2.53. The van der Waals surface area contributed by atoms with Crippen LogP contribution in [0.4, 0.5) is 5.69 Å². The van der Waals surface area contributed by atoms with Crippen LogP contribution >= 0.6 is 0 Å². The molecule has 0 radical (unpaired) electrons. The van der Waals surface area contributed by atoms with Crippen molar-refractivity contribution in [1.29, 1.82) is 0 Å². The number of hydrogen-bond donors (Lipinski definition) is 2. The molecule has 3 aromatic carbocycles. The van der Waals surface area contributed by atoms with E-state index in [1.807, 2.05) is 6.92 Å². The fraction of sp³-hybridized carbons (Fsp3) is 0.280. The molecule has 3 atom stereocenters. The van der Waals surface area contributed by atoms with Crippen molar-refractivity contribution in [2.75, 3.05) is 18.1 Å². The van der Waals surface area contributed by atoms with Crippen LogP contribution in [0.2, 0.25) is 0 Å². The van der Waals surface area contributed by atoms with Crippen molar-refractivity contribution in [2.24, 2.45) is 5.92 Å². The average Bonchev–Trinajstić information content (AvgIpc) is 3.19. The third-order valence-electron chi connectivity index (χ3n) is 6.06. The van der Waals surface area contributed by atoms with Crippen molar-refractivity contribution in [1.82, 2.24) is 10.9 Å². The van der Waals surface area contributed by atoms with Gasteiger partial charge in [-0.2, -0.15) is 0 Å². The van der Waals surface area contributed by atoms with E-state index in [0.29, 0.717) is 18.6 Å². The van der Waals surface area contributed by atoms with Crippen molar-refractivity contribution >= 4 is 5.69 Å². The van der Waals surface area contributed by atoms with E-state index in [9.17, 15) is 0 Å². The maximum Gasteiger partial charge on any atom is 0.119 e. The zero-order valence-corrected chi connectivity index (χ0v) is 16.7. The standard InChI is InChI=1S/C25H27N3O/c1-2-29-20-14-12-19(13-15-20)24-22-17-28(16-18-8-4-3-5-9-18)23-11-7-6-10-21(23)25(22)27-26-24/h3-15,22,24-27H,2,16-17H2,1H3. The van der Waals surface area contributed by atoms with E-state index < -0.39 is 0 Å². The lowest BCUT2D eigenvalue weighted by molar-refractivity contribution is 0.339. The molecule has 0 aliphatic carbocycles. The molecule has 3 unspecified atom stereocenters. The SMILES string of the molecule is CCOc1ccc(C2NNC3c4ccccc4N(Cc4ccccc4)CC23)cc1. The summed E-state index contributed by atoms with van der Waals surface area (Å²) in [5.74, 6) is 1.38. The van der Waals surface area contributed by atoms with Gasteiger partial charge in [-0.25, -0.2) is 10.9 Å². The summed E-state index contributed by atoms with van der Waals surface area (Å²) in [6, 6.07) is 28.7. The molecule has 0 bridgehead atoms. The van der Waals surface area contributed by atoms with Crippen LogP contribution < -0.4 is 20.5 Å². The molecule has 2 heterocycles. The Hall–Kier alpha value is -2.82. The number of hydrogen-bond acceptors (Lipinski definition) is 4. The number of para-hydroxylation sites is 1. The van der Waals surface area contributed by atoms with E-state index in [2.05, 4.69) is 94.6 Å². The topological polar surface area (TPSA) is 36.5 Å². The highest BCUT2D eigenvalue weighted by molar-refractivity contribution is 5.58. The molecule has 1 fully saturated rings. The van der Waals surface area contributed by atoms with Crippen LogP contribution in [-0.4, -0.2) is 13.2 Å². The van der Waals surface area contributed by atoms with Gasteiger partial charge in [-0.3, -0.25) is 0 Å². The van der Waals surface area contributed by atoms with E-state index in [1.54, 1.807) is 0 Å². The van der Waals surface area contributed by atoms with Crippen molar-refractivity contribution in [3.05, 3.63) is 95.6 Å². The number of anilines is 1. The van der Waals surface area contributed by atoms with Gasteiger partial charge in [0.05, 0.1) is 18.7 Å². The third-order valence-corrected chi connectivity index (χ3v) is 6.06. The Labute approximate surface area is 172 Å². The second-order valence-electron chi connectivity index (χ2n) is 7.83. The normalized spacial score (nSPS) is 22.8. The predicted octanol–water partition coefficient (Wildman–Crippen LogP) is 4.61. The van der Waals surface area contributed by atoms with Gasteiger partial charge in [0.15, 0.2) is 0 Å². The van der Waals surface area contributed by atoms with Gasteiger partial charge in [0.1, 0.15) is 5.75 Å². The molecule has 2 N–H and O–H groups in total. The number of hydrazine groups is 1. The molecule has 2 aliphatic heterocycles. The van der Waals surface area contributed by atoms with Crippen LogP contribution in [0.5, 0.6) is 5.75 Å². The smallest absolute Gasteiger partial charge is 0.119 e. The summed E-state index contributed by atoms with van der Waals surface area (Å²) in [7, 11) is 0. The number of nitrogens with one attached hydrogen (secondary N) is 2. The fourth-order valence-electron chi connectivity index (χ4n) is 4.72. The molecule has 3 aromatic rings. The van der Waals surface area contributed by atoms with Crippen LogP contribution in [0.3, 0.4) is 0 Å². The molecule has 1 saturated heterocycles. The summed E-state index contributed by atoms with van der Waals surface area (Å²) in [5, 5.41) is 0. The van der Waals surface area contributed by atoms with Gasteiger partial charge in [-0.1, -0.05) is 60.7 Å². The Kier molecular flexibility index (Phi) is 4.96. The highest BCUT2D eigenvalue weighted by atomic mass is 16.5. The average molecular weight is 386 g/mol. The van der Waals surface area contributed by atoms with Crippen LogP contribution in [0.15, 0.2) is 78.9 Å². The minimum atomic E-state index is 0.266. The van der Waals surface area contributed by atoms with Gasteiger partial charge in [0.25, 0.3) is 0 Å². The summed E-state index contributed by atoms with van der Waals surface area (Å²) in [5.41, 5.74) is 12.5. The van der Waals surface area contributed by atoms with Gasteiger partial charge in [0, 0.05) is 24.7 Å². The van der Waals surface area contributed by atoms with E-state index in [4.69, 9.17) is 4.74 Å². The first-order valence-corrected chi connectivity index (χ1v) is 10.4. The largest absolute Gasteiger partial charge is 0.494 e. The number of rotatable bonds is 5. The van der Waals surface area contributed by atoms with Crippen molar-refractivity contribution in [2.45, 2.75) is 25.6 Å². The van der Waals surface area contributed by atoms with Crippen LogP contribution in [-0.2, 0) is 6.54 Å². The number of fused-ring (bicyclic) bond motifs is 3.